The molecule has 3 aliphatic rings. The second kappa shape index (κ2) is 8.27. The number of epoxide rings is 2. The molecule has 6 nitrogen and oxygen atoms in total. The molecule has 0 radical (unpaired) electrons. The fourth-order valence-electron chi connectivity index (χ4n) is 4.66. The molecular formula is C22H35NO5. The number of methoxy groups -OCH3 is 1. The Balaban J connectivity index is 1.66. The second-order valence-corrected chi connectivity index (χ2v) is 8.97. The number of allylic oxidation sites excluding steroid dienone is 1. The normalized spacial score (nSPS) is 38.8. The maximum atomic E-state index is 12.3. The van der Waals surface area contributed by atoms with E-state index in [1.54, 1.807) is 7.11 Å². The predicted octanol–water partition coefficient (Wildman–Crippen LogP) is 2.77. The molecule has 28 heavy (non-hydrogen) atoms. The Morgan fingerprint density at radius 2 is 2.04 bits per heavy atom. The van der Waals surface area contributed by atoms with Gasteiger partial charge in [0, 0.05) is 13.7 Å². The number of carbonyl (C=O) groups is 1. The van der Waals surface area contributed by atoms with E-state index in [0.717, 1.165) is 31.4 Å². The Labute approximate surface area is 168 Å². The van der Waals surface area contributed by atoms with Crippen molar-refractivity contribution >= 4 is 5.97 Å². The van der Waals surface area contributed by atoms with Crippen LogP contribution in [0.4, 0.5) is 0 Å². The van der Waals surface area contributed by atoms with Crippen molar-refractivity contribution in [2.45, 2.75) is 76.5 Å². The maximum Gasteiger partial charge on any atom is 0.320 e. The van der Waals surface area contributed by atoms with Gasteiger partial charge in [0.1, 0.15) is 23.4 Å². The molecule has 158 valence electrons. The predicted molar refractivity (Wildman–Crippen MR) is 107 cm³/mol. The summed E-state index contributed by atoms with van der Waals surface area (Å²) in [4.78, 5) is 12.3. The van der Waals surface area contributed by atoms with Crippen LogP contribution < -0.4 is 5.32 Å². The van der Waals surface area contributed by atoms with E-state index in [1.165, 1.54) is 5.57 Å². The van der Waals surface area contributed by atoms with Crippen molar-refractivity contribution in [2.24, 2.45) is 5.92 Å². The van der Waals surface area contributed by atoms with Crippen LogP contribution in [0.2, 0.25) is 0 Å². The van der Waals surface area contributed by atoms with Crippen LogP contribution in [-0.2, 0) is 23.7 Å². The van der Waals surface area contributed by atoms with Crippen LogP contribution in [0.25, 0.3) is 0 Å². The summed E-state index contributed by atoms with van der Waals surface area (Å²) >= 11 is 0. The molecule has 3 rings (SSSR count). The number of carbonyl (C=O) groups excluding carboxylic acids is 1. The van der Waals surface area contributed by atoms with Gasteiger partial charge in [-0.05, 0) is 47.0 Å². The zero-order valence-corrected chi connectivity index (χ0v) is 17.9. The van der Waals surface area contributed by atoms with Crippen LogP contribution in [0.5, 0.6) is 0 Å². The molecule has 0 bridgehead atoms. The van der Waals surface area contributed by atoms with E-state index in [1.807, 2.05) is 6.92 Å². The van der Waals surface area contributed by atoms with Crippen LogP contribution in [0.15, 0.2) is 23.8 Å². The summed E-state index contributed by atoms with van der Waals surface area (Å²) in [6, 6.07) is 0. The first-order valence-electron chi connectivity index (χ1n) is 10.2. The van der Waals surface area contributed by atoms with Crippen LogP contribution in [0, 0.1) is 5.92 Å². The van der Waals surface area contributed by atoms with Gasteiger partial charge in [0.15, 0.2) is 0 Å². The average Bonchev–Trinajstić information content (AvgIpc) is 3.52. The van der Waals surface area contributed by atoms with Gasteiger partial charge in [0.2, 0.25) is 0 Å². The lowest BCUT2D eigenvalue weighted by Gasteiger charge is -2.42. The fourth-order valence-corrected chi connectivity index (χ4v) is 4.66. The Morgan fingerprint density at radius 3 is 2.61 bits per heavy atom. The number of esters is 1. The molecule has 1 saturated carbocycles. The quantitative estimate of drug-likeness (QED) is 0.369. The van der Waals surface area contributed by atoms with E-state index in [2.05, 4.69) is 38.7 Å². The van der Waals surface area contributed by atoms with Gasteiger partial charge in [-0.15, -0.1) is 0 Å². The lowest BCUT2D eigenvalue weighted by atomic mass is 9.68. The number of nitrogens with one attached hydrogen (secondary N) is 1. The van der Waals surface area contributed by atoms with Crippen LogP contribution in [0.3, 0.4) is 0 Å². The molecular weight excluding hydrogens is 358 g/mol. The van der Waals surface area contributed by atoms with Crippen molar-refractivity contribution < 1.29 is 23.7 Å². The highest BCUT2D eigenvalue weighted by molar-refractivity contribution is 5.72. The molecule has 2 heterocycles. The minimum atomic E-state index is -0.313. The molecule has 1 spiro atoms. The summed E-state index contributed by atoms with van der Waals surface area (Å²) in [5.41, 5.74) is 1.76. The van der Waals surface area contributed by atoms with E-state index >= 15 is 0 Å². The van der Waals surface area contributed by atoms with Gasteiger partial charge < -0.3 is 24.3 Å². The van der Waals surface area contributed by atoms with Crippen molar-refractivity contribution in [3.8, 4) is 0 Å². The van der Waals surface area contributed by atoms with Crippen LogP contribution in [-0.4, -0.2) is 62.3 Å². The minimum Gasteiger partial charge on any atom is -0.459 e. The van der Waals surface area contributed by atoms with Crippen LogP contribution in [0.1, 0.15) is 47.0 Å². The minimum absolute atomic E-state index is 0.0514. The SMILES string of the molecule is C=C(C)CNCC(=O)O[C@@H]1CC[C@]2(CO2)[C@@H]([C@]2(C)O[C@@H]2CC=C(C)C)[C@@H]1OC. The van der Waals surface area contributed by atoms with Gasteiger partial charge in [0.25, 0.3) is 0 Å². The van der Waals surface area contributed by atoms with Crippen molar-refractivity contribution in [1.29, 1.82) is 0 Å². The molecule has 0 unspecified atom stereocenters. The molecule has 2 aliphatic heterocycles. The Hall–Kier alpha value is -1.21. The number of hydrogen-bond donors (Lipinski definition) is 1. The van der Waals surface area contributed by atoms with E-state index < -0.39 is 0 Å². The van der Waals surface area contributed by atoms with E-state index in [0.29, 0.717) is 6.54 Å². The summed E-state index contributed by atoms with van der Waals surface area (Å²) in [6.45, 7) is 13.6. The number of ether oxygens (including phenoxy) is 4. The van der Waals surface area contributed by atoms with Crippen molar-refractivity contribution in [1.82, 2.24) is 5.32 Å². The topological polar surface area (TPSA) is 72.6 Å². The number of rotatable bonds is 9. The molecule has 0 aromatic heterocycles. The second-order valence-electron chi connectivity index (χ2n) is 8.97. The third-order valence-electron chi connectivity index (χ3n) is 6.22. The molecule has 1 aliphatic carbocycles. The van der Waals surface area contributed by atoms with Gasteiger partial charge in [-0.3, -0.25) is 4.79 Å². The maximum absolute atomic E-state index is 12.3. The third-order valence-corrected chi connectivity index (χ3v) is 6.22. The summed E-state index contributed by atoms with van der Waals surface area (Å²) < 4.78 is 23.8. The van der Waals surface area contributed by atoms with Gasteiger partial charge in [-0.2, -0.15) is 0 Å². The first-order valence-corrected chi connectivity index (χ1v) is 10.2. The zero-order valence-electron chi connectivity index (χ0n) is 17.9. The number of hydrogen-bond acceptors (Lipinski definition) is 6. The Morgan fingerprint density at radius 1 is 1.32 bits per heavy atom. The molecule has 2 saturated heterocycles. The summed E-state index contributed by atoms with van der Waals surface area (Å²) in [7, 11) is 1.69. The molecule has 0 aromatic rings. The largest absolute Gasteiger partial charge is 0.459 e. The first kappa shape index (κ1) is 21.5. The molecule has 0 amide bonds. The molecule has 6 atom stereocenters. The highest BCUT2D eigenvalue weighted by Crippen LogP contribution is 2.59. The van der Waals surface area contributed by atoms with E-state index in [9.17, 15) is 4.79 Å². The third kappa shape index (κ3) is 4.51. The average molecular weight is 394 g/mol. The molecule has 3 fully saturated rings. The van der Waals surface area contributed by atoms with Crippen molar-refractivity contribution in [2.75, 3.05) is 26.8 Å². The Bertz CT molecular complexity index is 637. The smallest absolute Gasteiger partial charge is 0.320 e. The van der Waals surface area contributed by atoms with Crippen molar-refractivity contribution in [3.05, 3.63) is 23.8 Å². The Kier molecular flexibility index (Phi) is 6.35. The summed E-state index contributed by atoms with van der Waals surface area (Å²) in [5, 5.41) is 3.05. The molecule has 1 N–H and O–H groups in total. The highest BCUT2D eigenvalue weighted by Gasteiger charge is 2.72. The monoisotopic (exact) mass is 393 g/mol. The lowest BCUT2D eigenvalue weighted by molar-refractivity contribution is -0.170. The summed E-state index contributed by atoms with van der Waals surface area (Å²) in [6.07, 6.45) is 4.34. The highest BCUT2D eigenvalue weighted by atomic mass is 16.6. The van der Waals surface area contributed by atoms with Gasteiger partial charge in [0.05, 0.1) is 25.2 Å². The fraction of sp³-hybridized carbons (Fsp3) is 0.773. The zero-order chi connectivity index (χ0) is 20.5. The lowest BCUT2D eigenvalue weighted by Crippen LogP contribution is -2.56. The van der Waals surface area contributed by atoms with Gasteiger partial charge in [-0.1, -0.05) is 23.8 Å². The molecule has 0 aromatic carbocycles. The van der Waals surface area contributed by atoms with Crippen molar-refractivity contribution in [3.63, 3.8) is 0 Å². The summed E-state index contributed by atoms with van der Waals surface area (Å²) in [5.74, 6) is -0.210. The van der Waals surface area contributed by atoms with Gasteiger partial charge in [-0.25, -0.2) is 0 Å². The van der Waals surface area contributed by atoms with Crippen LogP contribution >= 0.6 is 0 Å². The van der Waals surface area contributed by atoms with E-state index in [4.69, 9.17) is 18.9 Å². The van der Waals surface area contributed by atoms with Gasteiger partial charge >= 0.3 is 5.97 Å². The van der Waals surface area contributed by atoms with E-state index in [-0.39, 0.29) is 47.9 Å². The molecule has 6 heteroatoms. The first-order chi connectivity index (χ1) is 13.2. The standard InChI is InChI=1S/C22H35NO5/c1-14(2)7-8-17-21(5,28-17)20-19(25-6)16(9-10-22(20)13-26-22)27-18(24)12-23-11-15(3)4/h7,16-17,19-20,23H,3,8-13H2,1-2,4-6H3/t16-,17-,19-,20-,21-,22+/m1/s1.